The molecule has 0 atom stereocenters. The molecule has 3 rings (SSSR count). The normalized spacial score (nSPS) is 14.4. The Labute approximate surface area is 155 Å². The Morgan fingerprint density at radius 1 is 1.12 bits per heavy atom. The molecule has 6 heteroatoms. The van der Waals surface area contributed by atoms with Crippen LogP contribution in [0, 0.1) is 0 Å². The number of rotatable bonds is 6. The summed E-state index contributed by atoms with van der Waals surface area (Å²) in [6.45, 7) is 3.60. The lowest BCUT2D eigenvalue weighted by Crippen LogP contribution is -2.36. The number of nitrogens with zero attached hydrogens (tertiary/aromatic N) is 3. The summed E-state index contributed by atoms with van der Waals surface area (Å²) in [5.74, 6) is 2.69. The molecule has 1 fully saturated rings. The standard InChI is InChI=1S/C20H27N5O/c1-21-20(23-13-16-6-5-7-18(12-16)26-2)24-15-17-8-9-19(22-14-17)25-10-3-4-11-25/h5-9,12,14H,3-4,10-11,13,15H2,1-2H3,(H2,21,23,24). The second-order valence-corrected chi connectivity index (χ2v) is 6.35. The molecule has 2 heterocycles. The number of aromatic nitrogens is 1. The minimum absolute atomic E-state index is 0.684. The zero-order chi connectivity index (χ0) is 18.2. The Bertz CT molecular complexity index is 723. The van der Waals surface area contributed by atoms with Gasteiger partial charge in [-0.3, -0.25) is 4.99 Å². The van der Waals surface area contributed by atoms with E-state index >= 15 is 0 Å². The zero-order valence-corrected chi connectivity index (χ0v) is 15.5. The predicted molar refractivity (Wildman–Crippen MR) is 106 cm³/mol. The van der Waals surface area contributed by atoms with E-state index in [4.69, 9.17) is 4.74 Å². The Morgan fingerprint density at radius 2 is 1.88 bits per heavy atom. The van der Waals surface area contributed by atoms with Crippen LogP contribution < -0.4 is 20.3 Å². The maximum atomic E-state index is 5.26. The van der Waals surface area contributed by atoms with Crippen molar-refractivity contribution in [3.8, 4) is 5.75 Å². The van der Waals surface area contributed by atoms with Gasteiger partial charge in [-0.25, -0.2) is 4.98 Å². The van der Waals surface area contributed by atoms with Crippen molar-refractivity contribution in [1.29, 1.82) is 0 Å². The first-order valence-electron chi connectivity index (χ1n) is 9.06. The molecule has 26 heavy (non-hydrogen) atoms. The van der Waals surface area contributed by atoms with Gasteiger partial charge >= 0.3 is 0 Å². The van der Waals surface area contributed by atoms with E-state index in [0.29, 0.717) is 13.1 Å². The SMILES string of the molecule is CN=C(NCc1ccc(N2CCCC2)nc1)NCc1cccc(OC)c1. The third-order valence-electron chi connectivity index (χ3n) is 4.52. The fourth-order valence-electron chi connectivity index (χ4n) is 3.03. The summed E-state index contributed by atoms with van der Waals surface area (Å²) < 4.78 is 5.26. The van der Waals surface area contributed by atoms with Crippen molar-refractivity contribution >= 4 is 11.8 Å². The molecular formula is C20H27N5O. The maximum absolute atomic E-state index is 5.26. The highest BCUT2D eigenvalue weighted by Gasteiger charge is 2.12. The second-order valence-electron chi connectivity index (χ2n) is 6.35. The summed E-state index contributed by atoms with van der Waals surface area (Å²) in [5, 5.41) is 6.65. The number of nitrogens with one attached hydrogen (secondary N) is 2. The number of anilines is 1. The average molecular weight is 353 g/mol. The first-order valence-corrected chi connectivity index (χ1v) is 9.06. The van der Waals surface area contributed by atoms with Crippen molar-refractivity contribution in [3.05, 3.63) is 53.7 Å². The van der Waals surface area contributed by atoms with Crippen molar-refractivity contribution in [2.45, 2.75) is 25.9 Å². The smallest absolute Gasteiger partial charge is 0.191 e. The van der Waals surface area contributed by atoms with Gasteiger partial charge in [0.2, 0.25) is 0 Å². The van der Waals surface area contributed by atoms with Gasteiger partial charge in [-0.1, -0.05) is 18.2 Å². The molecule has 0 amide bonds. The summed E-state index contributed by atoms with van der Waals surface area (Å²) in [6.07, 6.45) is 4.47. The third kappa shape index (κ3) is 4.88. The van der Waals surface area contributed by atoms with E-state index in [1.807, 2.05) is 24.4 Å². The van der Waals surface area contributed by atoms with E-state index in [-0.39, 0.29) is 0 Å². The van der Waals surface area contributed by atoms with E-state index in [0.717, 1.165) is 41.7 Å². The van der Waals surface area contributed by atoms with Gasteiger partial charge in [0.15, 0.2) is 5.96 Å². The monoisotopic (exact) mass is 353 g/mol. The number of benzene rings is 1. The zero-order valence-electron chi connectivity index (χ0n) is 15.5. The Morgan fingerprint density at radius 3 is 2.54 bits per heavy atom. The minimum atomic E-state index is 0.684. The quantitative estimate of drug-likeness (QED) is 0.617. The molecular weight excluding hydrogens is 326 g/mol. The summed E-state index contributed by atoms with van der Waals surface area (Å²) in [6, 6.07) is 12.2. The number of aliphatic imine (C=N–C) groups is 1. The molecule has 0 bridgehead atoms. The maximum Gasteiger partial charge on any atom is 0.191 e. The lowest BCUT2D eigenvalue weighted by atomic mass is 10.2. The molecule has 0 spiro atoms. The van der Waals surface area contributed by atoms with Crippen LogP contribution in [-0.2, 0) is 13.1 Å². The molecule has 0 aliphatic carbocycles. The van der Waals surface area contributed by atoms with Crippen molar-refractivity contribution in [2.24, 2.45) is 4.99 Å². The first kappa shape index (κ1) is 18.0. The molecule has 2 aromatic rings. The molecule has 1 saturated heterocycles. The van der Waals surface area contributed by atoms with Crippen molar-refractivity contribution in [2.75, 3.05) is 32.1 Å². The third-order valence-corrected chi connectivity index (χ3v) is 4.52. The number of pyridine rings is 1. The summed E-state index contributed by atoms with van der Waals surface area (Å²) in [5.41, 5.74) is 2.28. The molecule has 6 nitrogen and oxygen atoms in total. The van der Waals surface area contributed by atoms with Crippen molar-refractivity contribution in [1.82, 2.24) is 15.6 Å². The number of hydrogen-bond acceptors (Lipinski definition) is 4. The van der Waals surface area contributed by atoms with Gasteiger partial charge in [0.25, 0.3) is 0 Å². The number of ether oxygens (including phenoxy) is 1. The van der Waals surface area contributed by atoms with Crippen molar-refractivity contribution < 1.29 is 4.74 Å². The van der Waals surface area contributed by atoms with Crippen LogP contribution in [0.3, 0.4) is 0 Å². The molecule has 138 valence electrons. The van der Waals surface area contributed by atoms with Gasteiger partial charge in [0, 0.05) is 39.4 Å². The van der Waals surface area contributed by atoms with E-state index in [1.165, 1.54) is 12.8 Å². The molecule has 1 aromatic carbocycles. The second kappa shape index (κ2) is 9.08. The molecule has 1 aliphatic rings. The van der Waals surface area contributed by atoms with Crippen LogP contribution >= 0.6 is 0 Å². The topological polar surface area (TPSA) is 61.8 Å². The molecule has 0 radical (unpaired) electrons. The van der Waals surface area contributed by atoms with E-state index in [9.17, 15) is 0 Å². The predicted octanol–water partition coefficient (Wildman–Crippen LogP) is 2.56. The highest BCUT2D eigenvalue weighted by molar-refractivity contribution is 5.79. The van der Waals surface area contributed by atoms with E-state index in [1.54, 1.807) is 14.2 Å². The Kier molecular flexibility index (Phi) is 6.30. The average Bonchev–Trinajstić information content (AvgIpc) is 3.23. The van der Waals surface area contributed by atoms with Gasteiger partial charge in [0.1, 0.15) is 11.6 Å². The fraction of sp³-hybridized carbons (Fsp3) is 0.400. The number of methoxy groups -OCH3 is 1. The molecule has 0 saturated carbocycles. The lowest BCUT2D eigenvalue weighted by Gasteiger charge is -2.16. The van der Waals surface area contributed by atoms with Crippen LogP contribution in [0.5, 0.6) is 5.75 Å². The largest absolute Gasteiger partial charge is 0.497 e. The summed E-state index contributed by atoms with van der Waals surface area (Å²) in [7, 11) is 3.45. The first-order chi connectivity index (χ1) is 12.8. The van der Waals surface area contributed by atoms with Crippen LogP contribution in [0.4, 0.5) is 5.82 Å². The number of guanidine groups is 1. The van der Waals surface area contributed by atoms with E-state index < -0.39 is 0 Å². The summed E-state index contributed by atoms with van der Waals surface area (Å²) >= 11 is 0. The van der Waals surface area contributed by atoms with Gasteiger partial charge in [-0.05, 0) is 42.2 Å². The van der Waals surface area contributed by atoms with Crippen molar-refractivity contribution in [3.63, 3.8) is 0 Å². The minimum Gasteiger partial charge on any atom is -0.497 e. The number of hydrogen-bond donors (Lipinski definition) is 2. The van der Waals surface area contributed by atoms with Crippen LogP contribution in [-0.4, -0.2) is 38.2 Å². The van der Waals surface area contributed by atoms with Gasteiger partial charge < -0.3 is 20.3 Å². The van der Waals surface area contributed by atoms with Crippen LogP contribution in [0.1, 0.15) is 24.0 Å². The highest BCUT2D eigenvalue weighted by atomic mass is 16.5. The van der Waals surface area contributed by atoms with Crippen LogP contribution in [0.15, 0.2) is 47.6 Å². The molecule has 0 unspecified atom stereocenters. The van der Waals surface area contributed by atoms with Gasteiger partial charge in [0.05, 0.1) is 7.11 Å². The Balaban J connectivity index is 1.49. The fourth-order valence-corrected chi connectivity index (χ4v) is 3.03. The van der Waals surface area contributed by atoms with Gasteiger partial charge in [-0.2, -0.15) is 0 Å². The highest BCUT2D eigenvalue weighted by Crippen LogP contribution is 2.17. The van der Waals surface area contributed by atoms with E-state index in [2.05, 4.69) is 43.7 Å². The molecule has 1 aromatic heterocycles. The van der Waals surface area contributed by atoms with Gasteiger partial charge in [-0.15, -0.1) is 0 Å². The van der Waals surface area contributed by atoms with Crippen LogP contribution in [0.2, 0.25) is 0 Å². The van der Waals surface area contributed by atoms with Crippen LogP contribution in [0.25, 0.3) is 0 Å². The Hall–Kier alpha value is -2.76. The molecule has 1 aliphatic heterocycles. The lowest BCUT2D eigenvalue weighted by molar-refractivity contribution is 0.414. The summed E-state index contributed by atoms with van der Waals surface area (Å²) in [4.78, 5) is 11.2. The molecule has 2 N–H and O–H groups in total.